The molecule has 4 heterocycles. The molecule has 0 atom stereocenters. The molecule has 0 unspecified atom stereocenters. The first-order valence-electron chi connectivity index (χ1n) is 20.3. The molecular weight excluding hydrogens is 737 g/mol. The molecule has 1 aliphatic rings. The zero-order valence-corrected chi connectivity index (χ0v) is 32.8. The number of hydrogen-bond donors (Lipinski definition) is 0. The van der Waals surface area contributed by atoms with Gasteiger partial charge in [0.1, 0.15) is 22.3 Å². The number of aromatic nitrogens is 4. The van der Waals surface area contributed by atoms with Crippen molar-refractivity contribution < 1.29 is 8.83 Å². The summed E-state index contributed by atoms with van der Waals surface area (Å²) in [6, 6.07) is 59.6. The maximum Gasteiger partial charge on any atom is 0.238 e. The molecule has 12 aromatic rings. The summed E-state index contributed by atoms with van der Waals surface area (Å²) in [5, 5.41) is 6.66. The molecule has 60 heavy (non-hydrogen) atoms. The molecule has 1 aliphatic carbocycles. The van der Waals surface area contributed by atoms with E-state index < -0.39 is 0 Å². The minimum Gasteiger partial charge on any atom is -0.456 e. The smallest absolute Gasteiger partial charge is 0.238 e. The fourth-order valence-electron chi connectivity index (χ4n) is 9.68. The number of hydrogen-bond acceptors (Lipinski definition) is 5. The average molecular weight is 771 g/mol. The van der Waals surface area contributed by atoms with Crippen molar-refractivity contribution in [2.75, 3.05) is 0 Å². The van der Waals surface area contributed by atoms with Gasteiger partial charge >= 0.3 is 0 Å². The third kappa shape index (κ3) is 4.73. The van der Waals surface area contributed by atoms with Crippen molar-refractivity contribution in [1.82, 2.24) is 19.5 Å². The summed E-state index contributed by atoms with van der Waals surface area (Å²) in [4.78, 5) is 15.5. The van der Waals surface area contributed by atoms with Gasteiger partial charge < -0.3 is 8.83 Å². The van der Waals surface area contributed by atoms with Crippen LogP contribution in [-0.2, 0) is 5.41 Å². The Morgan fingerprint density at radius 3 is 1.75 bits per heavy atom. The molecule has 6 heteroatoms. The van der Waals surface area contributed by atoms with E-state index in [2.05, 4.69) is 115 Å². The quantitative estimate of drug-likeness (QED) is 0.178. The molecule has 0 aliphatic heterocycles. The number of rotatable bonds is 4. The molecular formula is C54H34N4O2. The highest BCUT2D eigenvalue weighted by atomic mass is 16.3. The first kappa shape index (κ1) is 33.2. The van der Waals surface area contributed by atoms with E-state index in [-0.39, 0.29) is 5.41 Å². The van der Waals surface area contributed by atoms with Crippen LogP contribution in [0.4, 0.5) is 0 Å². The Morgan fingerprint density at radius 2 is 0.950 bits per heavy atom. The lowest BCUT2D eigenvalue weighted by Gasteiger charge is -2.22. The molecule has 13 rings (SSSR count). The van der Waals surface area contributed by atoms with Gasteiger partial charge in [0.05, 0.1) is 11.0 Å². The summed E-state index contributed by atoms with van der Waals surface area (Å²) in [5.41, 5.74) is 14.7. The van der Waals surface area contributed by atoms with E-state index in [4.69, 9.17) is 23.8 Å². The molecule has 0 amide bonds. The molecule has 0 saturated heterocycles. The summed E-state index contributed by atoms with van der Waals surface area (Å²) in [7, 11) is 0. The number of fused-ring (bicyclic) bond motifs is 12. The van der Waals surface area contributed by atoms with Crippen LogP contribution in [0.25, 0.3) is 117 Å². The molecule has 0 N–H and O–H groups in total. The standard InChI is InChI=1S/C54H34N4O2/c1-54(2)43-28-33(20-23-35(43)39-29-42-38-16-8-11-19-48(38)60-50(42)30-44(39)54)32-21-24-46-40(26-32)36-14-6-9-17-45(36)58(46)53-56-51(31-12-4-3-5-13-31)55-52(57-53)34-22-25-49-41(27-34)37-15-7-10-18-47(37)59-49/h3-30H,1-2H3. The topological polar surface area (TPSA) is 69.9 Å². The van der Waals surface area contributed by atoms with Gasteiger partial charge in [-0.1, -0.05) is 117 Å². The summed E-state index contributed by atoms with van der Waals surface area (Å²) >= 11 is 0. The highest BCUT2D eigenvalue weighted by Gasteiger charge is 2.36. The van der Waals surface area contributed by atoms with Gasteiger partial charge in [0.15, 0.2) is 11.6 Å². The van der Waals surface area contributed by atoms with Crippen molar-refractivity contribution in [3.8, 4) is 51.0 Å². The lowest BCUT2D eigenvalue weighted by Crippen LogP contribution is -2.15. The van der Waals surface area contributed by atoms with Gasteiger partial charge in [-0.3, -0.25) is 4.57 Å². The minimum atomic E-state index is -0.198. The highest BCUT2D eigenvalue weighted by Crippen LogP contribution is 2.52. The molecule has 0 bridgehead atoms. The van der Waals surface area contributed by atoms with Crippen molar-refractivity contribution >= 4 is 65.7 Å². The van der Waals surface area contributed by atoms with E-state index >= 15 is 0 Å². The van der Waals surface area contributed by atoms with Crippen LogP contribution in [-0.4, -0.2) is 19.5 Å². The zero-order chi connectivity index (χ0) is 39.7. The first-order valence-corrected chi connectivity index (χ1v) is 20.3. The van der Waals surface area contributed by atoms with Gasteiger partial charge in [0.25, 0.3) is 0 Å². The molecule has 0 fully saturated rings. The molecule has 0 saturated carbocycles. The van der Waals surface area contributed by atoms with E-state index in [1.165, 1.54) is 27.8 Å². The largest absolute Gasteiger partial charge is 0.456 e. The van der Waals surface area contributed by atoms with Gasteiger partial charge in [-0.2, -0.15) is 9.97 Å². The predicted octanol–water partition coefficient (Wildman–Crippen LogP) is 14.1. The third-order valence-corrected chi connectivity index (χ3v) is 12.7. The minimum absolute atomic E-state index is 0.198. The van der Waals surface area contributed by atoms with Crippen LogP contribution in [0.3, 0.4) is 0 Å². The first-order chi connectivity index (χ1) is 29.5. The van der Waals surface area contributed by atoms with Crippen molar-refractivity contribution in [2.24, 2.45) is 0 Å². The van der Waals surface area contributed by atoms with Gasteiger partial charge in [0, 0.05) is 48.9 Å². The van der Waals surface area contributed by atoms with Crippen molar-refractivity contribution in [3.63, 3.8) is 0 Å². The van der Waals surface area contributed by atoms with Gasteiger partial charge in [-0.25, -0.2) is 4.98 Å². The normalized spacial score (nSPS) is 13.3. The Morgan fingerprint density at radius 1 is 0.383 bits per heavy atom. The Labute approximate surface area is 344 Å². The van der Waals surface area contributed by atoms with Gasteiger partial charge in [-0.05, 0) is 100 Å². The predicted molar refractivity (Wildman–Crippen MR) is 243 cm³/mol. The maximum absolute atomic E-state index is 6.34. The summed E-state index contributed by atoms with van der Waals surface area (Å²) in [6.45, 7) is 4.66. The monoisotopic (exact) mass is 770 g/mol. The number of nitrogens with zero attached hydrogens (tertiary/aromatic N) is 4. The van der Waals surface area contributed by atoms with Crippen LogP contribution >= 0.6 is 0 Å². The lowest BCUT2D eigenvalue weighted by molar-refractivity contribution is 0.647. The van der Waals surface area contributed by atoms with Crippen LogP contribution in [0, 0.1) is 0 Å². The van der Waals surface area contributed by atoms with Crippen LogP contribution < -0.4 is 0 Å². The van der Waals surface area contributed by atoms with Crippen LogP contribution in [0.15, 0.2) is 179 Å². The molecule has 282 valence electrons. The number of benzene rings is 8. The summed E-state index contributed by atoms with van der Waals surface area (Å²) in [5.74, 6) is 1.76. The second-order valence-corrected chi connectivity index (χ2v) is 16.4. The molecule has 4 aromatic heterocycles. The summed E-state index contributed by atoms with van der Waals surface area (Å²) in [6.07, 6.45) is 0. The Bertz CT molecular complexity index is 3760. The average Bonchev–Trinajstić information content (AvgIpc) is 4.02. The molecule has 0 spiro atoms. The van der Waals surface area contributed by atoms with Crippen molar-refractivity contribution in [1.29, 1.82) is 0 Å². The fourth-order valence-corrected chi connectivity index (χ4v) is 9.68. The van der Waals surface area contributed by atoms with E-state index in [0.717, 1.165) is 82.4 Å². The Balaban J connectivity index is 0.966. The lowest BCUT2D eigenvalue weighted by atomic mass is 9.81. The maximum atomic E-state index is 6.34. The number of furan rings is 2. The third-order valence-electron chi connectivity index (χ3n) is 12.7. The fraction of sp³-hybridized carbons (Fsp3) is 0.0556. The van der Waals surface area contributed by atoms with Crippen LogP contribution in [0.1, 0.15) is 25.0 Å². The summed E-state index contributed by atoms with van der Waals surface area (Å²) < 4.78 is 14.7. The van der Waals surface area contributed by atoms with Crippen LogP contribution in [0.2, 0.25) is 0 Å². The van der Waals surface area contributed by atoms with E-state index in [1.807, 2.05) is 72.8 Å². The van der Waals surface area contributed by atoms with E-state index in [0.29, 0.717) is 17.6 Å². The second-order valence-electron chi connectivity index (χ2n) is 16.4. The number of para-hydroxylation sites is 3. The molecule has 0 radical (unpaired) electrons. The van der Waals surface area contributed by atoms with Crippen LogP contribution in [0.5, 0.6) is 0 Å². The molecule has 6 nitrogen and oxygen atoms in total. The Kier molecular flexibility index (Phi) is 6.69. The van der Waals surface area contributed by atoms with Crippen molar-refractivity contribution in [2.45, 2.75) is 19.3 Å². The van der Waals surface area contributed by atoms with Gasteiger partial charge in [-0.15, -0.1) is 0 Å². The van der Waals surface area contributed by atoms with E-state index in [9.17, 15) is 0 Å². The second kappa shape index (κ2) is 12.1. The molecule has 8 aromatic carbocycles. The Hall–Kier alpha value is -7.83. The van der Waals surface area contributed by atoms with Gasteiger partial charge in [0.2, 0.25) is 5.95 Å². The SMILES string of the molecule is CC1(C)c2cc(-c3ccc4c(c3)c3ccccc3n4-c3nc(-c4ccccc4)nc(-c4ccc5oc6ccccc6c5c4)n3)ccc2-c2cc3c(cc21)oc1ccccc13. The highest BCUT2D eigenvalue weighted by molar-refractivity contribution is 6.11. The van der Waals surface area contributed by atoms with E-state index in [1.54, 1.807) is 0 Å². The van der Waals surface area contributed by atoms with Crippen molar-refractivity contribution in [3.05, 3.63) is 181 Å². The zero-order valence-electron chi connectivity index (χ0n) is 32.8.